The summed E-state index contributed by atoms with van der Waals surface area (Å²) >= 11 is 0. The maximum Gasteiger partial charge on any atom is 0.191 e. The molecule has 1 saturated carbocycles. The van der Waals surface area contributed by atoms with Crippen molar-refractivity contribution in [1.29, 1.82) is 0 Å². The molecular formula is C19H34N4O. The van der Waals surface area contributed by atoms with Gasteiger partial charge in [0.25, 0.3) is 0 Å². The average molecular weight is 335 g/mol. The van der Waals surface area contributed by atoms with E-state index in [0.29, 0.717) is 6.04 Å². The molecule has 136 valence electrons. The minimum Gasteiger partial charge on any atom is -0.361 e. The Morgan fingerprint density at radius 3 is 2.50 bits per heavy atom. The summed E-state index contributed by atoms with van der Waals surface area (Å²) in [6.45, 7) is 12.4. The van der Waals surface area contributed by atoms with E-state index in [1.165, 1.54) is 31.2 Å². The Hall–Kier alpha value is -1.52. The molecule has 5 nitrogen and oxygen atoms in total. The van der Waals surface area contributed by atoms with Crippen molar-refractivity contribution in [2.24, 2.45) is 16.8 Å². The number of guanidine groups is 1. The molecule has 1 aromatic rings. The van der Waals surface area contributed by atoms with E-state index in [1.54, 1.807) is 0 Å². The van der Waals surface area contributed by atoms with E-state index >= 15 is 0 Å². The van der Waals surface area contributed by atoms with Gasteiger partial charge >= 0.3 is 0 Å². The third-order valence-corrected chi connectivity index (χ3v) is 5.21. The van der Waals surface area contributed by atoms with E-state index in [2.05, 4.69) is 36.6 Å². The third kappa shape index (κ3) is 5.25. The number of aromatic nitrogens is 1. The SMILES string of the molecule is CCNC(=NCCc1c(C)noc1C)NC1CCC(C(C)C)CC1. The first-order valence-corrected chi connectivity index (χ1v) is 9.47. The molecule has 0 spiro atoms. The Morgan fingerprint density at radius 2 is 1.96 bits per heavy atom. The minimum absolute atomic E-state index is 0.553. The van der Waals surface area contributed by atoms with Crippen molar-refractivity contribution in [3.8, 4) is 0 Å². The van der Waals surface area contributed by atoms with Crippen molar-refractivity contribution in [2.45, 2.75) is 72.8 Å². The van der Waals surface area contributed by atoms with Crippen LogP contribution < -0.4 is 10.6 Å². The lowest BCUT2D eigenvalue weighted by atomic mass is 9.80. The van der Waals surface area contributed by atoms with Crippen LogP contribution in [0, 0.1) is 25.7 Å². The Balaban J connectivity index is 1.85. The second kappa shape index (κ2) is 9.09. The number of nitrogens with one attached hydrogen (secondary N) is 2. The average Bonchev–Trinajstić information content (AvgIpc) is 2.87. The number of rotatable bonds is 6. The van der Waals surface area contributed by atoms with Crippen LogP contribution in [0.1, 0.15) is 63.5 Å². The van der Waals surface area contributed by atoms with Crippen LogP contribution in [0.4, 0.5) is 0 Å². The molecule has 1 fully saturated rings. The lowest BCUT2D eigenvalue weighted by Crippen LogP contribution is -2.45. The molecule has 24 heavy (non-hydrogen) atoms. The molecule has 1 aromatic heterocycles. The van der Waals surface area contributed by atoms with E-state index in [1.807, 2.05) is 13.8 Å². The van der Waals surface area contributed by atoms with Crippen molar-refractivity contribution in [2.75, 3.05) is 13.1 Å². The van der Waals surface area contributed by atoms with Crippen molar-refractivity contribution >= 4 is 5.96 Å². The van der Waals surface area contributed by atoms with E-state index in [9.17, 15) is 0 Å². The van der Waals surface area contributed by atoms with Crippen molar-refractivity contribution in [3.63, 3.8) is 0 Å². The summed E-state index contributed by atoms with van der Waals surface area (Å²) in [5.74, 6) is 3.55. The standard InChI is InChI=1S/C19H34N4O/c1-6-20-19(21-12-11-18-14(4)23-24-15(18)5)22-17-9-7-16(8-10-17)13(2)3/h13,16-17H,6-12H2,1-5H3,(H2,20,21,22). The van der Waals surface area contributed by atoms with Crippen molar-refractivity contribution in [3.05, 3.63) is 17.0 Å². The van der Waals surface area contributed by atoms with Gasteiger partial charge in [-0.25, -0.2) is 0 Å². The molecule has 2 rings (SSSR count). The summed E-state index contributed by atoms with van der Waals surface area (Å²) in [4.78, 5) is 4.74. The smallest absolute Gasteiger partial charge is 0.191 e. The molecule has 0 amide bonds. The Labute approximate surface area is 146 Å². The zero-order valence-electron chi connectivity index (χ0n) is 16.0. The fourth-order valence-electron chi connectivity index (χ4n) is 3.58. The third-order valence-electron chi connectivity index (χ3n) is 5.21. The number of aliphatic imine (C=N–C) groups is 1. The lowest BCUT2D eigenvalue weighted by molar-refractivity contribution is 0.250. The Bertz CT molecular complexity index is 508. The highest BCUT2D eigenvalue weighted by molar-refractivity contribution is 5.80. The van der Waals surface area contributed by atoms with Gasteiger partial charge in [0.1, 0.15) is 5.76 Å². The summed E-state index contributed by atoms with van der Waals surface area (Å²) in [6.07, 6.45) is 6.02. The van der Waals surface area contributed by atoms with Gasteiger partial charge in [-0.1, -0.05) is 19.0 Å². The van der Waals surface area contributed by atoms with Crippen molar-refractivity contribution < 1.29 is 4.52 Å². The number of hydrogen-bond donors (Lipinski definition) is 2. The lowest BCUT2D eigenvalue weighted by Gasteiger charge is -2.32. The predicted octanol–water partition coefficient (Wildman–Crippen LogP) is 3.60. The van der Waals surface area contributed by atoms with Crippen molar-refractivity contribution in [1.82, 2.24) is 15.8 Å². The molecule has 2 N–H and O–H groups in total. The fourth-order valence-corrected chi connectivity index (χ4v) is 3.58. The molecule has 0 atom stereocenters. The van der Waals surface area contributed by atoms with Crippen LogP contribution in [0.5, 0.6) is 0 Å². The Kier molecular flexibility index (Phi) is 7.13. The van der Waals surface area contributed by atoms with E-state index in [-0.39, 0.29) is 0 Å². The quantitative estimate of drug-likeness (QED) is 0.616. The minimum atomic E-state index is 0.553. The van der Waals surface area contributed by atoms with Gasteiger partial charge in [-0.2, -0.15) is 0 Å². The zero-order valence-corrected chi connectivity index (χ0v) is 16.0. The summed E-state index contributed by atoms with van der Waals surface area (Å²) < 4.78 is 5.22. The van der Waals surface area contributed by atoms with Crippen LogP contribution in [0.15, 0.2) is 9.52 Å². The van der Waals surface area contributed by atoms with Gasteiger partial charge in [-0.3, -0.25) is 4.99 Å². The summed E-state index contributed by atoms with van der Waals surface area (Å²) in [6, 6.07) is 0.553. The van der Waals surface area contributed by atoms with Crippen LogP contribution in [0.25, 0.3) is 0 Å². The first kappa shape index (κ1) is 18.8. The van der Waals surface area contributed by atoms with E-state index in [4.69, 9.17) is 9.52 Å². The van der Waals surface area contributed by atoms with Crippen LogP contribution in [-0.4, -0.2) is 30.2 Å². The molecule has 5 heteroatoms. The first-order valence-electron chi connectivity index (χ1n) is 9.47. The molecule has 0 aromatic carbocycles. The van der Waals surface area contributed by atoms with Gasteiger partial charge < -0.3 is 15.2 Å². The second-order valence-corrected chi connectivity index (χ2v) is 7.31. The van der Waals surface area contributed by atoms with Crippen LogP contribution in [0.3, 0.4) is 0 Å². The second-order valence-electron chi connectivity index (χ2n) is 7.31. The van der Waals surface area contributed by atoms with Gasteiger partial charge in [-0.05, 0) is 64.7 Å². The molecule has 0 aliphatic heterocycles. The molecule has 0 bridgehead atoms. The highest BCUT2D eigenvalue weighted by atomic mass is 16.5. The van der Waals surface area contributed by atoms with Gasteiger partial charge in [0.2, 0.25) is 0 Å². The molecule has 1 aliphatic carbocycles. The predicted molar refractivity (Wildman–Crippen MR) is 99.4 cm³/mol. The zero-order chi connectivity index (χ0) is 17.5. The fraction of sp³-hybridized carbons (Fsp3) is 0.789. The van der Waals surface area contributed by atoms with E-state index in [0.717, 1.165) is 48.8 Å². The van der Waals surface area contributed by atoms with Gasteiger partial charge in [0.15, 0.2) is 5.96 Å². The normalized spacial score (nSPS) is 22.0. The van der Waals surface area contributed by atoms with E-state index < -0.39 is 0 Å². The maximum atomic E-state index is 5.22. The summed E-state index contributed by atoms with van der Waals surface area (Å²) in [5, 5.41) is 11.0. The molecule has 0 radical (unpaired) electrons. The number of nitrogens with zero attached hydrogens (tertiary/aromatic N) is 2. The van der Waals surface area contributed by atoms with Gasteiger partial charge in [0.05, 0.1) is 5.69 Å². The van der Waals surface area contributed by atoms with Gasteiger partial charge in [-0.15, -0.1) is 0 Å². The van der Waals surface area contributed by atoms with Gasteiger partial charge in [0, 0.05) is 24.7 Å². The maximum absolute atomic E-state index is 5.22. The molecule has 1 heterocycles. The monoisotopic (exact) mass is 334 g/mol. The summed E-state index contributed by atoms with van der Waals surface area (Å²) in [7, 11) is 0. The number of aryl methyl sites for hydroxylation is 2. The molecule has 1 aliphatic rings. The highest BCUT2D eigenvalue weighted by Gasteiger charge is 2.23. The Morgan fingerprint density at radius 1 is 1.25 bits per heavy atom. The van der Waals surface area contributed by atoms with Crippen LogP contribution in [-0.2, 0) is 6.42 Å². The van der Waals surface area contributed by atoms with Crippen LogP contribution >= 0.6 is 0 Å². The molecule has 0 saturated heterocycles. The largest absolute Gasteiger partial charge is 0.361 e. The summed E-state index contributed by atoms with van der Waals surface area (Å²) in [5.41, 5.74) is 2.17. The number of hydrogen-bond acceptors (Lipinski definition) is 3. The molecule has 0 unspecified atom stereocenters. The van der Waals surface area contributed by atoms with Crippen LogP contribution in [0.2, 0.25) is 0 Å². The topological polar surface area (TPSA) is 62.5 Å². The molecular weight excluding hydrogens is 300 g/mol. The first-order chi connectivity index (χ1) is 11.5. The highest BCUT2D eigenvalue weighted by Crippen LogP contribution is 2.29.